The van der Waals surface area contributed by atoms with Gasteiger partial charge in [0, 0.05) is 32.4 Å². The first-order valence-electron chi connectivity index (χ1n) is 7.10. The Morgan fingerprint density at radius 3 is 2.43 bits per heavy atom. The maximum absolute atomic E-state index is 13.1. The highest BCUT2D eigenvalue weighted by Gasteiger charge is 2.30. The molecule has 5 nitrogen and oxygen atoms in total. The molecule has 2 heterocycles. The van der Waals surface area contributed by atoms with Crippen molar-refractivity contribution in [1.29, 1.82) is 0 Å². The highest BCUT2D eigenvalue weighted by Crippen LogP contribution is 2.26. The van der Waals surface area contributed by atoms with Gasteiger partial charge >= 0.3 is 0 Å². The molecule has 2 aromatic rings. The second kappa shape index (κ2) is 6.43. The van der Waals surface area contributed by atoms with Crippen LogP contribution >= 0.6 is 11.6 Å². The van der Waals surface area contributed by atoms with Gasteiger partial charge in [0.2, 0.25) is 10.0 Å². The van der Waals surface area contributed by atoms with Gasteiger partial charge in [0.15, 0.2) is 0 Å². The number of piperazine rings is 1. The summed E-state index contributed by atoms with van der Waals surface area (Å²) in [6.07, 6.45) is 1.71. The van der Waals surface area contributed by atoms with Crippen molar-refractivity contribution >= 4 is 27.4 Å². The van der Waals surface area contributed by atoms with Crippen molar-refractivity contribution in [2.24, 2.45) is 0 Å². The van der Waals surface area contributed by atoms with Gasteiger partial charge in [0.05, 0.1) is 5.02 Å². The summed E-state index contributed by atoms with van der Waals surface area (Å²) in [5, 5.41) is -0.0999. The minimum atomic E-state index is -3.73. The molecule has 0 bridgehead atoms. The molecule has 1 aliphatic rings. The second-order valence-corrected chi connectivity index (χ2v) is 7.47. The van der Waals surface area contributed by atoms with Crippen LogP contribution in [0.5, 0.6) is 0 Å². The van der Waals surface area contributed by atoms with E-state index in [-0.39, 0.29) is 9.92 Å². The largest absolute Gasteiger partial charge is 0.354 e. The van der Waals surface area contributed by atoms with E-state index in [0.29, 0.717) is 26.2 Å². The van der Waals surface area contributed by atoms with Crippen molar-refractivity contribution < 1.29 is 12.8 Å². The van der Waals surface area contributed by atoms with Gasteiger partial charge in [-0.3, -0.25) is 0 Å². The topological polar surface area (TPSA) is 53.5 Å². The molecule has 0 N–H and O–H groups in total. The third kappa shape index (κ3) is 3.31. The van der Waals surface area contributed by atoms with Gasteiger partial charge in [-0.05, 0) is 30.3 Å². The van der Waals surface area contributed by atoms with E-state index in [1.54, 1.807) is 6.20 Å². The Morgan fingerprint density at radius 2 is 1.83 bits per heavy atom. The van der Waals surface area contributed by atoms with Gasteiger partial charge in [-0.2, -0.15) is 4.31 Å². The molecule has 8 heteroatoms. The molecule has 23 heavy (non-hydrogen) atoms. The molecular formula is C15H15ClFN3O2S. The van der Waals surface area contributed by atoms with Crippen LogP contribution in [0.4, 0.5) is 10.2 Å². The Hall–Kier alpha value is -1.70. The summed E-state index contributed by atoms with van der Waals surface area (Å²) in [7, 11) is -3.73. The zero-order chi connectivity index (χ0) is 16.4. The molecule has 1 aromatic heterocycles. The van der Waals surface area contributed by atoms with Crippen LogP contribution in [0.1, 0.15) is 0 Å². The summed E-state index contributed by atoms with van der Waals surface area (Å²) in [6, 6.07) is 8.94. The maximum atomic E-state index is 13.1. The summed E-state index contributed by atoms with van der Waals surface area (Å²) in [5.41, 5.74) is 0. The number of aromatic nitrogens is 1. The highest BCUT2D eigenvalue weighted by molar-refractivity contribution is 7.89. The van der Waals surface area contributed by atoms with Gasteiger partial charge in [-0.25, -0.2) is 17.8 Å². The van der Waals surface area contributed by atoms with Crippen LogP contribution in [0, 0.1) is 5.82 Å². The van der Waals surface area contributed by atoms with E-state index in [2.05, 4.69) is 4.98 Å². The monoisotopic (exact) mass is 355 g/mol. The number of halogens is 2. The number of nitrogens with zero attached hydrogens (tertiary/aromatic N) is 3. The van der Waals surface area contributed by atoms with E-state index in [9.17, 15) is 12.8 Å². The fourth-order valence-electron chi connectivity index (χ4n) is 2.52. The van der Waals surface area contributed by atoms with E-state index in [0.717, 1.165) is 18.0 Å². The van der Waals surface area contributed by atoms with Gasteiger partial charge in [-0.15, -0.1) is 0 Å². The van der Waals surface area contributed by atoms with Crippen molar-refractivity contribution in [3.8, 4) is 0 Å². The minimum absolute atomic E-state index is 0.0631. The predicted octanol–water partition coefficient (Wildman–Crippen LogP) is 2.39. The fourth-order valence-corrected chi connectivity index (χ4v) is 4.45. The van der Waals surface area contributed by atoms with Crippen molar-refractivity contribution in [2.45, 2.75) is 4.90 Å². The van der Waals surface area contributed by atoms with Crippen molar-refractivity contribution in [3.63, 3.8) is 0 Å². The van der Waals surface area contributed by atoms with Crippen LogP contribution in [0.2, 0.25) is 5.02 Å². The second-order valence-electron chi connectivity index (χ2n) is 5.15. The Kier molecular flexibility index (Phi) is 4.52. The predicted molar refractivity (Wildman–Crippen MR) is 86.6 cm³/mol. The summed E-state index contributed by atoms with van der Waals surface area (Å²) in [5.74, 6) is 0.262. The summed E-state index contributed by atoms with van der Waals surface area (Å²) in [6.45, 7) is 1.73. The summed E-state index contributed by atoms with van der Waals surface area (Å²) in [4.78, 5) is 6.23. The van der Waals surface area contributed by atoms with Crippen molar-refractivity contribution in [2.75, 3.05) is 31.1 Å². The molecule has 0 atom stereocenters. The SMILES string of the molecule is O=S(=O)(c1ccc(F)cc1Cl)N1CCN(c2ccccn2)CC1. The number of pyridine rings is 1. The first kappa shape index (κ1) is 16.2. The van der Waals surface area contributed by atoms with E-state index < -0.39 is 15.8 Å². The molecule has 0 aliphatic carbocycles. The Bertz CT molecular complexity index is 794. The van der Waals surface area contributed by atoms with Crippen LogP contribution in [-0.2, 0) is 10.0 Å². The van der Waals surface area contributed by atoms with Gasteiger partial charge in [0.1, 0.15) is 16.5 Å². The number of anilines is 1. The number of rotatable bonds is 3. The fraction of sp³-hybridized carbons (Fsp3) is 0.267. The van der Waals surface area contributed by atoms with Crippen LogP contribution in [0.25, 0.3) is 0 Å². The Balaban J connectivity index is 1.76. The van der Waals surface area contributed by atoms with E-state index in [4.69, 9.17) is 11.6 Å². The third-order valence-corrected chi connectivity index (χ3v) is 6.11. The van der Waals surface area contributed by atoms with Crippen molar-refractivity contribution in [3.05, 3.63) is 53.4 Å². The molecule has 0 radical (unpaired) electrons. The molecule has 1 aromatic carbocycles. The normalized spacial score (nSPS) is 16.5. The Labute approximate surface area is 139 Å². The molecule has 1 fully saturated rings. The number of hydrogen-bond acceptors (Lipinski definition) is 4. The van der Waals surface area contributed by atoms with Crippen molar-refractivity contribution in [1.82, 2.24) is 9.29 Å². The molecular weight excluding hydrogens is 341 g/mol. The van der Waals surface area contributed by atoms with Gasteiger partial charge in [0.25, 0.3) is 0 Å². The third-order valence-electron chi connectivity index (χ3n) is 3.72. The van der Waals surface area contributed by atoms with Gasteiger partial charge < -0.3 is 4.90 Å². The zero-order valence-corrected chi connectivity index (χ0v) is 13.8. The van der Waals surface area contributed by atoms with Crippen LogP contribution in [-0.4, -0.2) is 43.9 Å². The maximum Gasteiger partial charge on any atom is 0.244 e. The van der Waals surface area contributed by atoms with E-state index >= 15 is 0 Å². The first-order chi connectivity index (χ1) is 11.0. The Morgan fingerprint density at radius 1 is 1.09 bits per heavy atom. The van der Waals surface area contributed by atoms with Crippen LogP contribution in [0.15, 0.2) is 47.5 Å². The molecule has 122 valence electrons. The standard InChI is InChI=1S/C15H15ClFN3O2S/c16-13-11-12(17)4-5-14(13)23(21,22)20-9-7-19(8-10-20)15-3-1-2-6-18-15/h1-6,11H,7-10H2. The quantitative estimate of drug-likeness (QED) is 0.848. The lowest BCUT2D eigenvalue weighted by molar-refractivity contribution is 0.384. The van der Waals surface area contributed by atoms with Crippen LogP contribution < -0.4 is 4.90 Å². The van der Waals surface area contributed by atoms with E-state index in [1.165, 1.54) is 10.4 Å². The number of sulfonamides is 1. The van der Waals surface area contributed by atoms with Crippen LogP contribution in [0.3, 0.4) is 0 Å². The summed E-state index contributed by atoms with van der Waals surface area (Å²) >= 11 is 5.89. The zero-order valence-electron chi connectivity index (χ0n) is 12.2. The lowest BCUT2D eigenvalue weighted by atomic mass is 10.3. The van der Waals surface area contributed by atoms with Gasteiger partial charge in [-0.1, -0.05) is 17.7 Å². The molecule has 0 amide bonds. The smallest absolute Gasteiger partial charge is 0.244 e. The molecule has 0 spiro atoms. The average Bonchev–Trinajstić information content (AvgIpc) is 2.55. The molecule has 1 aliphatic heterocycles. The minimum Gasteiger partial charge on any atom is -0.354 e. The lowest BCUT2D eigenvalue weighted by Crippen LogP contribution is -2.48. The van der Waals surface area contributed by atoms with E-state index in [1.807, 2.05) is 23.1 Å². The molecule has 3 rings (SSSR count). The first-order valence-corrected chi connectivity index (χ1v) is 8.91. The molecule has 0 saturated carbocycles. The number of benzene rings is 1. The number of hydrogen-bond donors (Lipinski definition) is 0. The lowest BCUT2D eigenvalue weighted by Gasteiger charge is -2.34. The average molecular weight is 356 g/mol. The summed E-state index contributed by atoms with van der Waals surface area (Å²) < 4.78 is 39.8. The highest BCUT2D eigenvalue weighted by atomic mass is 35.5. The molecule has 0 unspecified atom stereocenters. The molecule has 1 saturated heterocycles.